The minimum absolute atomic E-state index is 0.128. The highest BCUT2D eigenvalue weighted by molar-refractivity contribution is 5.95. The van der Waals surface area contributed by atoms with Crippen molar-refractivity contribution in [1.29, 1.82) is 0 Å². The van der Waals surface area contributed by atoms with E-state index in [0.29, 0.717) is 12.0 Å². The molecule has 0 radical (unpaired) electrons. The summed E-state index contributed by atoms with van der Waals surface area (Å²) >= 11 is 0. The summed E-state index contributed by atoms with van der Waals surface area (Å²) in [6.45, 7) is 3.43. The van der Waals surface area contributed by atoms with Gasteiger partial charge in [-0.2, -0.15) is 0 Å². The summed E-state index contributed by atoms with van der Waals surface area (Å²) in [5, 5.41) is 0. The van der Waals surface area contributed by atoms with E-state index in [4.69, 9.17) is 0 Å². The highest BCUT2D eigenvalue weighted by Gasteiger charge is 2.45. The summed E-state index contributed by atoms with van der Waals surface area (Å²) in [4.78, 5) is 14.7. The molecule has 1 aromatic rings. The van der Waals surface area contributed by atoms with Crippen molar-refractivity contribution < 1.29 is 9.18 Å². The molecule has 0 aromatic heterocycles. The zero-order chi connectivity index (χ0) is 15.8. The Kier molecular flexibility index (Phi) is 4.06. The average molecular weight is 313 g/mol. The summed E-state index contributed by atoms with van der Waals surface area (Å²) in [5.74, 6) is 3.15. The maximum atomic E-state index is 12.9. The Labute approximate surface area is 137 Å². The Balaban J connectivity index is 1.26. The van der Waals surface area contributed by atoms with Crippen LogP contribution < -0.4 is 0 Å². The van der Waals surface area contributed by atoms with Crippen molar-refractivity contribution in [3.63, 3.8) is 0 Å². The molecule has 0 spiro atoms. The van der Waals surface area contributed by atoms with Crippen molar-refractivity contribution in [3.8, 4) is 0 Å². The van der Waals surface area contributed by atoms with Gasteiger partial charge in [0, 0.05) is 25.1 Å². The van der Waals surface area contributed by atoms with Gasteiger partial charge in [0.15, 0.2) is 5.78 Å². The number of hydrogen-bond donors (Lipinski definition) is 0. The van der Waals surface area contributed by atoms with Crippen LogP contribution >= 0.6 is 0 Å². The van der Waals surface area contributed by atoms with Gasteiger partial charge in [-0.3, -0.25) is 4.79 Å². The van der Waals surface area contributed by atoms with Crippen molar-refractivity contribution >= 4 is 5.78 Å². The quantitative estimate of drug-likeness (QED) is 0.606. The van der Waals surface area contributed by atoms with Crippen LogP contribution in [0.5, 0.6) is 0 Å². The van der Waals surface area contributed by atoms with Crippen LogP contribution in [0.4, 0.5) is 4.39 Å². The molecule has 1 saturated carbocycles. The summed E-state index contributed by atoms with van der Waals surface area (Å²) in [5.41, 5.74) is 0.628. The Morgan fingerprint density at radius 1 is 1.04 bits per heavy atom. The van der Waals surface area contributed by atoms with Gasteiger partial charge < -0.3 is 4.90 Å². The number of likely N-dealkylation sites (tertiary alicyclic amines) is 1. The fraction of sp³-hybridized carbons (Fsp3) is 0.550. The second kappa shape index (κ2) is 6.20. The van der Waals surface area contributed by atoms with Crippen LogP contribution in [0.3, 0.4) is 0 Å². The summed E-state index contributed by atoms with van der Waals surface area (Å²) in [6, 6.07) is 5.90. The van der Waals surface area contributed by atoms with E-state index in [9.17, 15) is 9.18 Å². The molecule has 2 fully saturated rings. The molecule has 2 bridgehead atoms. The van der Waals surface area contributed by atoms with Crippen LogP contribution in [0.2, 0.25) is 0 Å². The van der Waals surface area contributed by atoms with Gasteiger partial charge in [-0.1, -0.05) is 12.2 Å². The number of halogens is 1. The van der Waals surface area contributed by atoms with Crippen LogP contribution in [0.1, 0.15) is 36.0 Å². The average Bonchev–Trinajstić information content (AvgIpc) is 3.02. The van der Waals surface area contributed by atoms with Crippen molar-refractivity contribution in [2.75, 3.05) is 19.6 Å². The number of hydrogen-bond acceptors (Lipinski definition) is 2. The molecule has 1 heterocycles. The van der Waals surface area contributed by atoms with Gasteiger partial charge >= 0.3 is 0 Å². The number of carbonyl (C=O) groups excluding carboxylic acids is 1. The van der Waals surface area contributed by atoms with Crippen molar-refractivity contribution in [2.45, 2.75) is 25.7 Å². The number of Topliss-reactive ketones (excluding diaryl/α,β-unsaturated/α-hetero) is 1. The fourth-order valence-corrected chi connectivity index (χ4v) is 4.85. The Bertz CT molecular complexity index is 587. The minimum Gasteiger partial charge on any atom is -0.303 e. The molecule has 1 aliphatic heterocycles. The van der Waals surface area contributed by atoms with E-state index < -0.39 is 0 Å². The number of rotatable bonds is 5. The minimum atomic E-state index is -0.288. The summed E-state index contributed by atoms with van der Waals surface area (Å²) in [6.07, 6.45) is 9.12. The van der Waals surface area contributed by atoms with Crippen LogP contribution in [-0.2, 0) is 0 Å². The molecule has 4 aliphatic rings. The molecule has 122 valence electrons. The molecule has 4 unspecified atom stereocenters. The van der Waals surface area contributed by atoms with Gasteiger partial charge in [0.25, 0.3) is 0 Å². The third-order valence-electron chi connectivity index (χ3n) is 6.07. The number of ketones is 1. The van der Waals surface area contributed by atoms with Gasteiger partial charge in [-0.05, 0) is 73.7 Å². The molecule has 0 amide bonds. The van der Waals surface area contributed by atoms with Crippen molar-refractivity contribution in [1.82, 2.24) is 4.90 Å². The van der Waals surface area contributed by atoms with E-state index in [1.165, 1.54) is 38.1 Å². The van der Waals surface area contributed by atoms with Crippen LogP contribution in [0.15, 0.2) is 36.4 Å². The fourth-order valence-electron chi connectivity index (χ4n) is 4.85. The number of benzene rings is 1. The largest absolute Gasteiger partial charge is 0.303 e. The summed E-state index contributed by atoms with van der Waals surface area (Å²) in [7, 11) is 0. The standard InChI is InChI=1S/C20H24FNO/c21-17-9-7-16(8-10-17)20(23)2-1-11-22-12-18-14-3-4-15(6-5-14)19(18)13-22/h3-4,7-10,14-15,18-19H,1-2,5-6,11-13H2. The normalized spacial score (nSPS) is 32.2. The lowest BCUT2D eigenvalue weighted by molar-refractivity contribution is 0.0975. The molecule has 23 heavy (non-hydrogen) atoms. The van der Waals surface area contributed by atoms with Gasteiger partial charge in [0.05, 0.1) is 0 Å². The van der Waals surface area contributed by atoms with E-state index in [-0.39, 0.29) is 11.6 Å². The van der Waals surface area contributed by atoms with E-state index in [2.05, 4.69) is 17.1 Å². The lowest BCUT2D eigenvalue weighted by atomic mass is 9.64. The second-order valence-corrected chi connectivity index (χ2v) is 7.41. The number of nitrogens with zero attached hydrogens (tertiary/aromatic N) is 1. The van der Waals surface area contributed by atoms with E-state index in [1.807, 2.05) is 0 Å². The molecule has 2 nitrogen and oxygen atoms in total. The number of fused-ring (bicyclic) bond motifs is 1. The first kappa shape index (κ1) is 15.1. The smallest absolute Gasteiger partial charge is 0.162 e. The van der Waals surface area contributed by atoms with Crippen molar-refractivity contribution in [3.05, 3.63) is 47.8 Å². The van der Waals surface area contributed by atoms with Crippen LogP contribution in [-0.4, -0.2) is 30.3 Å². The third kappa shape index (κ3) is 2.99. The van der Waals surface area contributed by atoms with Gasteiger partial charge in [0.2, 0.25) is 0 Å². The molecule has 3 aliphatic carbocycles. The first-order valence-electron chi connectivity index (χ1n) is 8.90. The molecule has 3 heteroatoms. The molecular formula is C20H24FNO. The molecular weight excluding hydrogens is 289 g/mol. The zero-order valence-electron chi connectivity index (χ0n) is 13.5. The maximum Gasteiger partial charge on any atom is 0.162 e. The molecule has 1 saturated heterocycles. The maximum absolute atomic E-state index is 12.9. The Morgan fingerprint density at radius 3 is 2.22 bits per heavy atom. The molecule has 0 N–H and O–H groups in total. The molecule has 1 aromatic carbocycles. The third-order valence-corrected chi connectivity index (χ3v) is 6.07. The lowest BCUT2D eigenvalue weighted by Gasteiger charge is -2.40. The van der Waals surface area contributed by atoms with E-state index >= 15 is 0 Å². The number of allylic oxidation sites excluding steroid dienone is 2. The highest BCUT2D eigenvalue weighted by atomic mass is 19.1. The van der Waals surface area contributed by atoms with Gasteiger partial charge in [-0.25, -0.2) is 4.39 Å². The van der Waals surface area contributed by atoms with Crippen LogP contribution in [0.25, 0.3) is 0 Å². The topological polar surface area (TPSA) is 20.3 Å². The lowest BCUT2D eigenvalue weighted by Crippen LogP contribution is -2.35. The second-order valence-electron chi connectivity index (χ2n) is 7.41. The molecule has 5 rings (SSSR count). The van der Waals surface area contributed by atoms with Crippen molar-refractivity contribution in [2.24, 2.45) is 23.7 Å². The van der Waals surface area contributed by atoms with Crippen LogP contribution in [0, 0.1) is 29.5 Å². The SMILES string of the molecule is O=C(CCCN1CC2C3C=CC(CC3)C2C1)c1ccc(F)cc1. The predicted molar refractivity (Wildman–Crippen MR) is 88.7 cm³/mol. The van der Waals surface area contributed by atoms with Gasteiger partial charge in [-0.15, -0.1) is 0 Å². The highest BCUT2D eigenvalue weighted by Crippen LogP contribution is 2.48. The van der Waals surface area contributed by atoms with E-state index in [0.717, 1.165) is 36.6 Å². The Morgan fingerprint density at radius 2 is 1.65 bits per heavy atom. The van der Waals surface area contributed by atoms with Gasteiger partial charge in [0.1, 0.15) is 5.82 Å². The predicted octanol–water partition coefficient (Wildman–Crippen LogP) is 3.93. The first-order valence-corrected chi connectivity index (χ1v) is 8.90. The van der Waals surface area contributed by atoms with E-state index in [1.54, 1.807) is 12.1 Å². The monoisotopic (exact) mass is 313 g/mol. The summed E-state index contributed by atoms with van der Waals surface area (Å²) < 4.78 is 12.9. The first-order chi connectivity index (χ1) is 11.2. The molecule has 4 atom stereocenters. The zero-order valence-corrected chi connectivity index (χ0v) is 13.5. The Hall–Kier alpha value is -1.48. The number of carbonyl (C=O) groups is 1.